The molecule has 1 heterocycles. The number of ether oxygens (including phenoxy) is 2. The summed E-state index contributed by atoms with van der Waals surface area (Å²) in [6, 6.07) is 8.97. The Morgan fingerprint density at radius 1 is 1.07 bits per heavy atom. The maximum atomic E-state index is 12.7. The van der Waals surface area contributed by atoms with Crippen molar-refractivity contribution in [3.63, 3.8) is 0 Å². The SMILES string of the molecule is CCN(Cc1ccc2c(c1)OCO2)C(=O)c1ccc(S(=O)(=O)C(F)(F)F)cc1. The first-order chi connectivity index (χ1) is 13.1. The van der Waals surface area contributed by atoms with Crippen molar-refractivity contribution in [3.05, 3.63) is 53.6 Å². The molecule has 0 saturated carbocycles. The number of rotatable bonds is 5. The number of halogens is 3. The quantitative estimate of drug-likeness (QED) is 0.749. The van der Waals surface area contributed by atoms with E-state index in [-0.39, 0.29) is 18.9 Å². The molecule has 0 bridgehead atoms. The molecule has 0 atom stereocenters. The van der Waals surface area contributed by atoms with Crippen LogP contribution >= 0.6 is 0 Å². The third-order valence-corrected chi connectivity index (χ3v) is 5.70. The number of nitrogens with zero attached hydrogens (tertiary/aromatic N) is 1. The van der Waals surface area contributed by atoms with Crippen molar-refractivity contribution in [2.24, 2.45) is 0 Å². The molecule has 0 unspecified atom stereocenters. The highest BCUT2D eigenvalue weighted by Crippen LogP contribution is 2.33. The van der Waals surface area contributed by atoms with Gasteiger partial charge in [0.2, 0.25) is 6.79 Å². The molecule has 0 spiro atoms. The number of hydrogen-bond donors (Lipinski definition) is 0. The van der Waals surface area contributed by atoms with Crippen molar-refractivity contribution in [1.82, 2.24) is 4.90 Å². The zero-order chi connectivity index (χ0) is 20.5. The molecule has 10 heteroatoms. The number of fused-ring (bicyclic) bond motifs is 1. The Labute approximate surface area is 159 Å². The molecular formula is C18H16F3NO5S. The smallest absolute Gasteiger partial charge is 0.454 e. The molecule has 3 rings (SSSR count). The van der Waals surface area contributed by atoms with E-state index in [2.05, 4.69) is 0 Å². The molecule has 1 aliphatic heterocycles. The fourth-order valence-electron chi connectivity index (χ4n) is 2.68. The Kier molecular flexibility index (Phi) is 5.24. The van der Waals surface area contributed by atoms with E-state index >= 15 is 0 Å². The number of carbonyl (C=O) groups excluding carboxylic acids is 1. The summed E-state index contributed by atoms with van der Waals surface area (Å²) in [5, 5.41) is 0. The highest BCUT2D eigenvalue weighted by molar-refractivity contribution is 7.92. The van der Waals surface area contributed by atoms with Crippen molar-refractivity contribution in [2.75, 3.05) is 13.3 Å². The molecule has 0 radical (unpaired) electrons. The van der Waals surface area contributed by atoms with Crippen LogP contribution in [0.3, 0.4) is 0 Å². The van der Waals surface area contributed by atoms with E-state index in [0.717, 1.165) is 29.8 Å². The van der Waals surface area contributed by atoms with Gasteiger partial charge >= 0.3 is 5.51 Å². The number of alkyl halides is 3. The molecule has 2 aromatic rings. The standard InChI is InChI=1S/C18H16F3NO5S/c1-2-22(10-12-3-8-15-16(9-12)27-11-26-15)17(23)13-4-6-14(7-5-13)28(24,25)18(19,20)21/h3-9H,2,10-11H2,1H3. The van der Waals surface area contributed by atoms with E-state index in [1.165, 1.54) is 4.90 Å². The van der Waals surface area contributed by atoms with E-state index in [4.69, 9.17) is 9.47 Å². The number of carbonyl (C=O) groups is 1. The maximum absolute atomic E-state index is 12.7. The average Bonchev–Trinajstić information content (AvgIpc) is 3.12. The molecule has 28 heavy (non-hydrogen) atoms. The summed E-state index contributed by atoms with van der Waals surface area (Å²) in [5.74, 6) is 0.749. The fraction of sp³-hybridized carbons (Fsp3) is 0.278. The minimum atomic E-state index is -5.45. The van der Waals surface area contributed by atoms with E-state index in [0.29, 0.717) is 18.0 Å². The lowest BCUT2D eigenvalue weighted by Gasteiger charge is -2.21. The summed E-state index contributed by atoms with van der Waals surface area (Å²) < 4.78 is 71.2. The monoisotopic (exact) mass is 415 g/mol. The summed E-state index contributed by atoms with van der Waals surface area (Å²) in [5.41, 5.74) is -4.52. The number of sulfone groups is 1. The Hall–Kier alpha value is -2.75. The molecule has 150 valence electrons. The Morgan fingerprint density at radius 3 is 2.32 bits per heavy atom. The van der Waals surface area contributed by atoms with Crippen LogP contribution in [0.5, 0.6) is 11.5 Å². The third-order valence-electron chi connectivity index (χ3n) is 4.20. The lowest BCUT2D eigenvalue weighted by molar-refractivity contribution is -0.0436. The van der Waals surface area contributed by atoms with Gasteiger partial charge in [0.25, 0.3) is 15.7 Å². The molecule has 0 N–H and O–H groups in total. The van der Waals surface area contributed by atoms with Gasteiger partial charge < -0.3 is 14.4 Å². The lowest BCUT2D eigenvalue weighted by atomic mass is 10.1. The second-order valence-electron chi connectivity index (χ2n) is 5.98. The molecule has 0 aromatic heterocycles. The molecule has 0 aliphatic carbocycles. The van der Waals surface area contributed by atoms with Gasteiger partial charge in [0.05, 0.1) is 4.90 Å². The summed E-state index contributed by atoms with van der Waals surface area (Å²) in [6.07, 6.45) is 0. The van der Waals surface area contributed by atoms with Crippen LogP contribution in [0.25, 0.3) is 0 Å². The topological polar surface area (TPSA) is 72.9 Å². The zero-order valence-electron chi connectivity index (χ0n) is 14.7. The van der Waals surface area contributed by atoms with Gasteiger partial charge in [-0.05, 0) is 48.9 Å². The van der Waals surface area contributed by atoms with Gasteiger partial charge in [-0.1, -0.05) is 6.07 Å². The van der Waals surface area contributed by atoms with E-state index < -0.39 is 26.1 Å². The highest BCUT2D eigenvalue weighted by atomic mass is 32.2. The van der Waals surface area contributed by atoms with Crippen LogP contribution in [-0.4, -0.2) is 38.1 Å². The van der Waals surface area contributed by atoms with Crippen molar-refractivity contribution >= 4 is 15.7 Å². The van der Waals surface area contributed by atoms with Crippen LogP contribution in [0.15, 0.2) is 47.4 Å². The molecule has 2 aromatic carbocycles. The van der Waals surface area contributed by atoms with Crippen molar-refractivity contribution < 1.29 is 35.9 Å². The summed E-state index contributed by atoms with van der Waals surface area (Å²) in [4.78, 5) is 13.2. The van der Waals surface area contributed by atoms with Crippen LogP contribution in [0.2, 0.25) is 0 Å². The van der Waals surface area contributed by atoms with Gasteiger partial charge in [-0.2, -0.15) is 13.2 Å². The molecule has 1 amide bonds. The number of benzene rings is 2. The minimum Gasteiger partial charge on any atom is -0.454 e. The average molecular weight is 415 g/mol. The first-order valence-corrected chi connectivity index (χ1v) is 9.71. The van der Waals surface area contributed by atoms with Crippen LogP contribution in [0, 0.1) is 0 Å². The first kappa shape index (κ1) is 20.0. The van der Waals surface area contributed by atoms with Gasteiger partial charge in [-0.25, -0.2) is 8.42 Å². The van der Waals surface area contributed by atoms with E-state index in [1.807, 2.05) is 0 Å². The molecule has 0 saturated heterocycles. The van der Waals surface area contributed by atoms with Crippen molar-refractivity contribution in [2.45, 2.75) is 23.9 Å². The van der Waals surface area contributed by atoms with Crippen LogP contribution in [0.4, 0.5) is 13.2 Å². The number of amides is 1. The molecular weight excluding hydrogens is 399 g/mol. The Morgan fingerprint density at radius 2 is 1.71 bits per heavy atom. The van der Waals surface area contributed by atoms with Gasteiger partial charge in [0.15, 0.2) is 11.5 Å². The second kappa shape index (κ2) is 7.34. The summed E-state index contributed by atoms with van der Waals surface area (Å²) in [7, 11) is -5.45. The van der Waals surface area contributed by atoms with Crippen LogP contribution in [-0.2, 0) is 16.4 Å². The van der Waals surface area contributed by atoms with Gasteiger partial charge in [0.1, 0.15) is 0 Å². The number of hydrogen-bond acceptors (Lipinski definition) is 5. The predicted octanol–water partition coefficient (Wildman–Crippen LogP) is 3.37. The van der Waals surface area contributed by atoms with E-state index in [1.54, 1.807) is 25.1 Å². The van der Waals surface area contributed by atoms with Gasteiger partial charge in [-0.3, -0.25) is 4.79 Å². The van der Waals surface area contributed by atoms with Crippen LogP contribution < -0.4 is 9.47 Å². The fourth-order valence-corrected chi connectivity index (χ4v) is 3.44. The zero-order valence-corrected chi connectivity index (χ0v) is 15.5. The van der Waals surface area contributed by atoms with Gasteiger partial charge in [-0.15, -0.1) is 0 Å². The van der Waals surface area contributed by atoms with Gasteiger partial charge in [0, 0.05) is 18.7 Å². The summed E-state index contributed by atoms with van der Waals surface area (Å²) >= 11 is 0. The summed E-state index contributed by atoms with van der Waals surface area (Å²) in [6.45, 7) is 2.47. The van der Waals surface area contributed by atoms with Crippen molar-refractivity contribution in [3.8, 4) is 11.5 Å². The van der Waals surface area contributed by atoms with Crippen molar-refractivity contribution in [1.29, 1.82) is 0 Å². The maximum Gasteiger partial charge on any atom is 0.501 e. The third kappa shape index (κ3) is 3.77. The lowest BCUT2D eigenvalue weighted by Crippen LogP contribution is -2.30. The largest absolute Gasteiger partial charge is 0.501 e. The minimum absolute atomic E-state index is 0.0868. The second-order valence-corrected chi connectivity index (χ2v) is 7.92. The Bertz CT molecular complexity index is 987. The normalized spacial score (nSPS) is 13.4. The van der Waals surface area contributed by atoms with Crippen LogP contribution in [0.1, 0.15) is 22.8 Å². The molecule has 1 aliphatic rings. The molecule has 6 nitrogen and oxygen atoms in total. The molecule has 0 fully saturated rings. The Balaban J connectivity index is 1.78. The van der Waals surface area contributed by atoms with E-state index in [9.17, 15) is 26.4 Å². The predicted molar refractivity (Wildman–Crippen MR) is 92.7 cm³/mol. The highest BCUT2D eigenvalue weighted by Gasteiger charge is 2.46. The first-order valence-electron chi connectivity index (χ1n) is 8.22.